The molecule has 2 N–H and O–H groups in total. The SMILES string of the molecule is C=NC1=C(C(=N)N2CCC3(CCCN3C(=O)CC#N)C2)CC=CN1. The number of likely N-dealkylation sites (tertiary alicyclic amines) is 2. The van der Waals surface area contributed by atoms with E-state index < -0.39 is 0 Å². The first kappa shape index (κ1) is 16.2. The Bertz CT molecular complexity index is 673. The molecule has 0 aromatic heterocycles. The van der Waals surface area contributed by atoms with Gasteiger partial charge in [0.05, 0.1) is 11.6 Å². The van der Waals surface area contributed by atoms with Crippen molar-refractivity contribution in [3.63, 3.8) is 0 Å². The second-order valence-electron chi connectivity index (χ2n) is 6.46. The topological polar surface area (TPSA) is 95.6 Å². The summed E-state index contributed by atoms with van der Waals surface area (Å²) in [5, 5.41) is 20.4. The molecule has 3 aliphatic heterocycles. The molecule has 7 heteroatoms. The Morgan fingerprint density at radius 2 is 2.33 bits per heavy atom. The average Bonchev–Trinajstić information content (AvgIpc) is 3.22. The molecule has 0 aromatic rings. The van der Waals surface area contributed by atoms with Crippen LogP contribution in [-0.4, -0.2) is 53.4 Å². The van der Waals surface area contributed by atoms with Gasteiger partial charge in [0.15, 0.2) is 0 Å². The van der Waals surface area contributed by atoms with Crippen LogP contribution in [0.1, 0.15) is 32.1 Å². The van der Waals surface area contributed by atoms with Gasteiger partial charge in [0.2, 0.25) is 5.91 Å². The van der Waals surface area contributed by atoms with Crippen LogP contribution in [0.3, 0.4) is 0 Å². The molecule has 3 heterocycles. The first-order chi connectivity index (χ1) is 11.6. The van der Waals surface area contributed by atoms with Gasteiger partial charge in [-0.25, -0.2) is 4.99 Å². The third-order valence-corrected chi connectivity index (χ3v) is 5.17. The molecular formula is C17H22N6O. The van der Waals surface area contributed by atoms with Crippen LogP contribution in [0.2, 0.25) is 0 Å². The summed E-state index contributed by atoms with van der Waals surface area (Å²) in [6.45, 7) is 5.68. The molecule has 1 unspecified atom stereocenters. The van der Waals surface area contributed by atoms with Crippen molar-refractivity contribution in [2.75, 3.05) is 19.6 Å². The van der Waals surface area contributed by atoms with Crippen LogP contribution in [0.15, 0.2) is 28.7 Å². The summed E-state index contributed by atoms with van der Waals surface area (Å²) < 4.78 is 0. The lowest BCUT2D eigenvalue weighted by Crippen LogP contribution is -2.49. The number of nitrogens with zero attached hydrogens (tertiary/aromatic N) is 4. The molecule has 1 amide bonds. The number of nitriles is 1. The van der Waals surface area contributed by atoms with E-state index in [9.17, 15) is 4.79 Å². The van der Waals surface area contributed by atoms with Crippen molar-refractivity contribution in [1.29, 1.82) is 10.7 Å². The van der Waals surface area contributed by atoms with E-state index in [4.69, 9.17) is 10.7 Å². The number of carbonyl (C=O) groups is 1. The molecule has 2 saturated heterocycles. The molecule has 0 aliphatic carbocycles. The van der Waals surface area contributed by atoms with E-state index in [0.717, 1.165) is 31.4 Å². The summed E-state index contributed by atoms with van der Waals surface area (Å²) in [6.07, 6.45) is 7.11. The van der Waals surface area contributed by atoms with Crippen LogP contribution in [0, 0.1) is 16.7 Å². The number of nitrogens with one attached hydrogen (secondary N) is 2. The standard InChI is InChI=1S/C17H22N6O/c1-20-16-13(4-2-9-21-16)15(19)22-11-7-17(12-22)6-3-10-23(17)14(24)5-8-18/h2,9,19,21H,1,3-7,10-12H2. The van der Waals surface area contributed by atoms with Crippen molar-refractivity contribution in [1.82, 2.24) is 15.1 Å². The number of dihydropyridines is 1. The lowest BCUT2D eigenvalue weighted by Gasteiger charge is -2.35. The molecule has 126 valence electrons. The number of hydrogen-bond acceptors (Lipinski definition) is 5. The van der Waals surface area contributed by atoms with Gasteiger partial charge in [0.25, 0.3) is 0 Å². The molecule has 3 aliphatic rings. The Balaban J connectivity index is 1.76. The summed E-state index contributed by atoms with van der Waals surface area (Å²) in [5.41, 5.74) is 0.609. The minimum Gasteiger partial charge on any atom is -0.354 e. The average molecular weight is 326 g/mol. The van der Waals surface area contributed by atoms with Gasteiger partial charge >= 0.3 is 0 Å². The van der Waals surface area contributed by atoms with Crippen LogP contribution >= 0.6 is 0 Å². The largest absolute Gasteiger partial charge is 0.354 e. The highest BCUT2D eigenvalue weighted by Gasteiger charge is 2.48. The number of amides is 1. The molecule has 24 heavy (non-hydrogen) atoms. The highest BCUT2D eigenvalue weighted by atomic mass is 16.2. The number of amidine groups is 1. The Morgan fingerprint density at radius 1 is 1.50 bits per heavy atom. The smallest absolute Gasteiger partial charge is 0.237 e. The molecule has 0 saturated carbocycles. The lowest BCUT2D eigenvalue weighted by molar-refractivity contribution is -0.133. The van der Waals surface area contributed by atoms with Crippen molar-refractivity contribution in [2.45, 2.75) is 37.6 Å². The zero-order valence-electron chi connectivity index (χ0n) is 13.7. The number of hydrogen-bond donors (Lipinski definition) is 2. The van der Waals surface area contributed by atoms with E-state index in [0.29, 0.717) is 31.2 Å². The predicted molar refractivity (Wildman–Crippen MR) is 91.3 cm³/mol. The monoisotopic (exact) mass is 326 g/mol. The normalized spacial score (nSPS) is 25.8. The number of carbonyl (C=O) groups excluding carboxylic acids is 1. The molecule has 1 spiro atoms. The Morgan fingerprint density at radius 3 is 3.08 bits per heavy atom. The third kappa shape index (κ3) is 2.68. The lowest BCUT2D eigenvalue weighted by atomic mass is 9.95. The van der Waals surface area contributed by atoms with Crippen molar-refractivity contribution in [3.05, 3.63) is 23.7 Å². The van der Waals surface area contributed by atoms with Crippen LogP contribution < -0.4 is 5.32 Å². The van der Waals surface area contributed by atoms with E-state index in [-0.39, 0.29) is 17.9 Å². The van der Waals surface area contributed by atoms with Crippen molar-refractivity contribution >= 4 is 18.5 Å². The second kappa shape index (κ2) is 6.48. The molecular weight excluding hydrogens is 304 g/mol. The van der Waals surface area contributed by atoms with Gasteiger partial charge in [-0.1, -0.05) is 6.08 Å². The maximum atomic E-state index is 12.3. The van der Waals surface area contributed by atoms with Crippen LogP contribution in [0.25, 0.3) is 0 Å². The quantitative estimate of drug-likeness (QED) is 0.605. The summed E-state index contributed by atoms with van der Waals surface area (Å²) in [5.74, 6) is 0.997. The maximum absolute atomic E-state index is 12.3. The van der Waals surface area contributed by atoms with Crippen molar-refractivity contribution in [3.8, 4) is 6.07 Å². The molecule has 0 radical (unpaired) electrons. The zero-order chi connectivity index (χ0) is 17.2. The Labute approximate surface area is 141 Å². The first-order valence-electron chi connectivity index (χ1n) is 8.24. The van der Waals surface area contributed by atoms with Gasteiger partial charge < -0.3 is 15.1 Å². The fourth-order valence-corrected chi connectivity index (χ4v) is 4.00. The van der Waals surface area contributed by atoms with Crippen LogP contribution in [-0.2, 0) is 4.79 Å². The van der Waals surface area contributed by atoms with E-state index in [1.165, 1.54) is 0 Å². The third-order valence-electron chi connectivity index (χ3n) is 5.17. The predicted octanol–water partition coefficient (Wildman–Crippen LogP) is 1.36. The van der Waals surface area contributed by atoms with Gasteiger partial charge in [-0.15, -0.1) is 0 Å². The molecule has 1 atom stereocenters. The second-order valence-corrected chi connectivity index (χ2v) is 6.46. The molecule has 0 bridgehead atoms. The fraction of sp³-hybridized carbons (Fsp3) is 0.529. The summed E-state index contributed by atoms with van der Waals surface area (Å²) in [7, 11) is 0. The van der Waals surface area contributed by atoms with Crippen molar-refractivity contribution < 1.29 is 4.79 Å². The fourth-order valence-electron chi connectivity index (χ4n) is 4.00. The molecule has 2 fully saturated rings. The van der Waals surface area contributed by atoms with E-state index in [1.54, 1.807) is 0 Å². The van der Waals surface area contributed by atoms with Gasteiger partial charge in [0.1, 0.15) is 18.1 Å². The summed E-state index contributed by atoms with van der Waals surface area (Å²) in [6, 6.07) is 1.96. The van der Waals surface area contributed by atoms with Crippen LogP contribution in [0.5, 0.6) is 0 Å². The van der Waals surface area contributed by atoms with Gasteiger partial charge in [-0.05, 0) is 38.6 Å². The Kier molecular flexibility index (Phi) is 4.38. The van der Waals surface area contributed by atoms with Gasteiger partial charge in [-0.3, -0.25) is 10.2 Å². The van der Waals surface area contributed by atoms with Gasteiger partial charge in [-0.2, -0.15) is 5.26 Å². The van der Waals surface area contributed by atoms with Crippen molar-refractivity contribution in [2.24, 2.45) is 4.99 Å². The van der Waals surface area contributed by atoms with E-state index in [1.807, 2.05) is 28.1 Å². The number of rotatable bonds is 3. The highest BCUT2D eigenvalue weighted by molar-refractivity contribution is 5.97. The van der Waals surface area contributed by atoms with E-state index >= 15 is 0 Å². The zero-order valence-corrected chi connectivity index (χ0v) is 13.7. The number of allylic oxidation sites excluding steroid dienone is 1. The van der Waals surface area contributed by atoms with E-state index in [2.05, 4.69) is 17.0 Å². The maximum Gasteiger partial charge on any atom is 0.237 e. The molecule has 7 nitrogen and oxygen atoms in total. The van der Waals surface area contributed by atoms with Gasteiger partial charge in [0, 0.05) is 25.2 Å². The van der Waals surface area contributed by atoms with Crippen LogP contribution in [0.4, 0.5) is 0 Å². The minimum atomic E-state index is -0.222. The highest BCUT2D eigenvalue weighted by Crippen LogP contribution is 2.38. The molecule has 0 aromatic carbocycles. The summed E-state index contributed by atoms with van der Waals surface area (Å²) in [4.78, 5) is 20.1. The first-order valence-corrected chi connectivity index (χ1v) is 8.24. The molecule has 3 rings (SSSR count). The minimum absolute atomic E-state index is 0.0659. The Hall–Kier alpha value is -2.62. The summed E-state index contributed by atoms with van der Waals surface area (Å²) >= 11 is 0. The number of aliphatic imine (C=N–C) groups is 1.